The van der Waals surface area contributed by atoms with Crippen molar-refractivity contribution in [3.8, 4) is 17.6 Å². The van der Waals surface area contributed by atoms with Crippen molar-refractivity contribution in [2.24, 2.45) is 0 Å². The van der Waals surface area contributed by atoms with Crippen LogP contribution in [0.4, 0.5) is 0 Å². The number of benzene rings is 2. The van der Waals surface area contributed by atoms with Gasteiger partial charge in [0.25, 0.3) is 0 Å². The summed E-state index contributed by atoms with van der Waals surface area (Å²) in [5, 5.41) is 25.6. The zero-order valence-corrected chi connectivity index (χ0v) is 11.8. The van der Waals surface area contributed by atoms with Gasteiger partial charge < -0.3 is 14.9 Å². The van der Waals surface area contributed by atoms with E-state index in [1.165, 1.54) is 24.3 Å². The van der Waals surface area contributed by atoms with Gasteiger partial charge in [-0.15, -0.1) is 0 Å². The molecule has 0 aliphatic heterocycles. The first-order valence-corrected chi connectivity index (χ1v) is 6.33. The van der Waals surface area contributed by atoms with Crippen LogP contribution in [0.1, 0.15) is 15.9 Å². The smallest absolute Gasteiger partial charge is 0.335 e. The molecule has 0 bridgehead atoms. The van der Waals surface area contributed by atoms with E-state index in [0.29, 0.717) is 17.9 Å². The molecule has 0 aliphatic carbocycles. The molecule has 0 radical (unpaired) electrons. The predicted molar refractivity (Wildman–Crippen MR) is 81.9 cm³/mol. The zero-order chi connectivity index (χ0) is 16.4. The zero-order valence-electron chi connectivity index (χ0n) is 11.8. The van der Waals surface area contributed by atoms with Crippen LogP contribution >= 0.6 is 0 Å². The van der Waals surface area contributed by atoms with Crippen molar-refractivity contribution in [2.75, 3.05) is 6.61 Å². The van der Waals surface area contributed by atoms with Crippen LogP contribution in [0, 0.1) is 11.3 Å². The van der Waals surface area contributed by atoms with E-state index in [9.17, 15) is 4.79 Å². The molecule has 2 aromatic carbocycles. The first-order valence-electron chi connectivity index (χ1n) is 6.33. The molecule has 0 aliphatic rings. The van der Waals surface area contributed by atoms with E-state index in [1.54, 1.807) is 30.3 Å². The highest BCUT2D eigenvalue weighted by molar-refractivity contribution is 5.87. The number of phenols is 1. The molecule has 0 saturated heterocycles. The number of nitrogens with zero attached hydrogens (tertiary/aromatic N) is 1. The Hall–Kier alpha value is -3.26. The molecule has 0 fully saturated rings. The Balaban J connectivity index is 0.000000235. The van der Waals surface area contributed by atoms with Crippen molar-refractivity contribution < 1.29 is 19.7 Å². The first kappa shape index (κ1) is 16.8. The lowest BCUT2D eigenvalue weighted by Gasteiger charge is -2.02. The monoisotopic (exact) mass is 297 g/mol. The maximum absolute atomic E-state index is 10.5. The van der Waals surface area contributed by atoms with Gasteiger partial charge in [-0.1, -0.05) is 12.7 Å². The standard InChI is InChI=1S/C10H10O3.C7H5NO/c1-2-7-13-9-5-3-8(4-6-9)10(11)12;8-5-6-1-3-7(9)4-2-6/h2-6H,1,7H2,(H,11,12);1-4,9H. The van der Waals surface area contributed by atoms with Crippen molar-refractivity contribution in [2.45, 2.75) is 0 Å². The molecule has 0 heterocycles. The molecule has 2 aromatic rings. The fraction of sp³-hybridized carbons (Fsp3) is 0.0588. The minimum Gasteiger partial charge on any atom is -0.508 e. The van der Waals surface area contributed by atoms with Crippen molar-refractivity contribution in [1.82, 2.24) is 0 Å². The third kappa shape index (κ3) is 5.80. The molecule has 5 nitrogen and oxygen atoms in total. The molecule has 0 unspecified atom stereocenters. The number of carboxylic acid groups (broad SMARTS) is 1. The van der Waals surface area contributed by atoms with Gasteiger partial charge in [-0.25, -0.2) is 4.79 Å². The summed E-state index contributed by atoms with van der Waals surface area (Å²) in [6.45, 7) is 3.93. The fourth-order valence-corrected chi connectivity index (χ4v) is 1.38. The highest BCUT2D eigenvalue weighted by Crippen LogP contribution is 2.11. The van der Waals surface area contributed by atoms with E-state index in [0.717, 1.165) is 0 Å². The quantitative estimate of drug-likeness (QED) is 0.846. The Morgan fingerprint density at radius 3 is 2.23 bits per heavy atom. The fourth-order valence-electron chi connectivity index (χ4n) is 1.38. The minimum absolute atomic E-state index is 0.189. The normalized spacial score (nSPS) is 8.86. The van der Waals surface area contributed by atoms with E-state index < -0.39 is 5.97 Å². The summed E-state index contributed by atoms with van der Waals surface area (Å²) >= 11 is 0. The second-order valence-corrected chi connectivity index (χ2v) is 4.09. The van der Waals surface area contributed by atoms with E-state index in [-0.39, 0.29) is 11.3 Å². The van der Waals surface area contributed by atoms with E-state index in [1.807, 2.05) is 6.07 Å². The van der Waals surface area contributed by atoms with E-state index >= 15 is 0 Å². The molecule has 0 aromatic heterocycles. The lowest BCUT2D eigenvalue weighted by Crippen LogP contribution is -1.97. The number of carboxylic acids is 1. The highest BCUT2D eigenvalue weighted by atomic mass is 16.5. The van der Waals surface area contributed by atoms with Crippen molar-refractivity contribution in [3.05, 3.63) is 72.3 Å². The summed E-state index contributed by atoms with van der Waals surface area (Å²) in [5.41, 5.74) is 0.818. The molecule has 5 heteroatoms. The third-order valence-electron chi connectivity index (χ3n) is 2.47. The molecule has 0 spiro atoms. The minimum atomic E-state index is -0.935. The topological polar surface area (TPSA) is 90.5 Å². The Kier molecular flexibility index (Phi) is 6.73. The van der Waals surface area contributed by atoms with Crippen molar-refractivity contribution in [1.29, 1.82) is 5.26 Å². The number of aromatic carboxylic acids is 1. The molecule has 112 valence electrons. The van der Waals surface area contributed by atoms with Gasteiger partial charge >= 0.3 is 5.97 Å². The maximum Gasteiger partial charge on any atom is 0.335 e. The van der Waals surface area contributed by atoms with Gasteiger partial charge in [0.05, 0.1) is 17.2 Å². The average molecular weight is 297 g/mol. The highest BCUT2D eigenvalue weighted by Gasteiger charge is 2.00. The SMILES string of the molecule is C=CCOc1ccc(C(=O)O)cc1.N#Cc1ccc(O)cc1. The first-order chi connectivity index (χ1) is 10.6. The number of ether oxygens (including phenoxy) is 1. The average Bonchev–Trinajstić information content (AvgIpc) is 2.54. The summed E-state index contributed by atoms with van der Waals surface area (Å²) in [5.74, 6) is -0.103. The summed E-state index contributed by atoms with van der Waals surface area (Å²) in [6, 6.07) is 14.3. The summed E-state index contributed by atoms with van der Waals surface area (Å²) in [6.07, 6.45) is 1.63. The van der Waals surface area contributed by atoms with Gasteiger partial charge in [-0.3, -0.25) is 0 Å². The molecule has 0 atom stereocenters. The predicted octanol–water partition coefficient (Wildman–Crippen LogP) is 3.21. The van der Waals surface area contributed by atoms with Crippen LogP contribution in [0.2, 0.25) is 0 Å². The van der Waals surface area contributed by atoms with E-state index in [4.69, 9.17) is 20.2 Å². The summed E-state index contributed by atoms with van der Waals surface area (Å²) < 4.78 is 5.18. The lowest BCUT2D eigenvalue weighted by atomic mass is 10.2. The summed E-state index contributed by atoms with van der Waals surface area (Å²) in [4.78, 5) is 10.5. The number of phenolic OH excluding ortho intramolecular Hbond substituents is 1. The number of carbonyl (C=O) groups is 1. The van der Waals surface area contributed by atoms with Crippen LogP contribution in [-0.2, 0) is 0 Å². The number of rotatable bonds is 4. The van der Waals surface area contributed by atoms with Gasteiger partial charge in [0.1, 0.15) is 18.1 Å². The van der Waals surface area contributed by atoms with Gasteiger partial charge in [-0.2, -0.15) is 5.26 Å². The number of nitriles is 1. The Morgan fingerprint density at radius 2 is 1.77 bits per heavy atom. The molecular weight excluding hydrogens is 282 g/mol. The van der Waals surface area contributed by atoms with Crippen LogP contribution in [0.3, 0.4) is 0 Å². The van der Waals surface area contributed by atoms with Gasteiger partial charge in [0.2, 0.25) is 0 Å². The van der Waals surface area contributed by atoms with Crippen LogP contribution in [0.15, 0.2) is 61.2 Å². The lowest BCUT2D eigenvalue weighted by molar-refractivity contribution is 0.0697. The number of hydrogen-bond donors (Lipinski definition) is 2. The third-order valence-corrected chi connectivity index (χ3v) is 2.47. The van der Waals surface area contributed by atoms with Gasteiger partial charge in [-0.05, 0) is 48.5 Å². The Morgan fingerprint density at radius 1 is 1.18 bits per heavy atom. The van der Waals surface area contributed by atoms with Crippen LogP contribution < -0.4 is 4.74 Å². The molecule has 0 amide bonds. The van der Waals surface area contributed by atoms with Gasteiger partial charge in [0, 0.05) is 0 Å². The van der Waals surface area contributed by atoms with Crippen LogP contribution in [0.25, 0.3) is 0 Å². The molecule has 2 N–H and O–H groups in total. The second-order valence-electron chi connectivity index (χ2n) is 4.09. The Labute approximate surface area is 128 Å². The largest absolute Gasteiger partial charge is 0.508 e. The van der Waals surface area contributed by atoms with Crippen LogP contribution in [0.5, 0.6) is 11.5 Å². The number of hydrogen-bond acceptors (Lipinski definition) is 4. The van der Waals surface area contributed by atoms with Crippen molar-refractivity contribution >= 4 is 5.97 Å². The molecule has 22 heavy (non-hydrogen) atoms. The van der Waals surface area contributed by atoms with Crippen LogP contribution in [-0.4, -0.2) is 22.8 Å². The molecule has 2 rings (SSSR count). The maximum atomic E-state index is 10.5. The Bertz CT molecular complexity index is 655. The second kappa shape index (κ2) is 8.82. The van der Waals surface area contributed by atoms with Crippen molar-refractivity contribution in [3.63, 3.8) is 0 Å². The molecule has 0 saturated carbocycles. The summed E-state index contributed by atoms with van der Waals surface area (Å²) in [7, 11) is 0. The number of aromatic hydroxyl groups is 1. The van der Waals surface area contributed by atoms with E-state index in [2.05, 4.69) is 6.58 Å². The van der Waals surface area contributed by atoms with Gasteiger partial charge in [0.15, 0.2) is 0 Å². The molecular formula is C17H15NO4.